The zero-order valence-electron chi connectivity index (χ0n) is 7.90. The minimum Gasteiger partial charge on any atom is -0.392 e. The van der Waals surface area contributed by atoms with Crippen LogP contribution in [0.4, 0.5) is 0 Å². The summed E-state index contributed by atoms with van der Waals surface area (Å²) in [4.78, 5) is 2.18. The minimum atomic E-state index is -0.288. The molecule has 1 aliphatic carbocycles. The third kappa shape index (κ3) is 3.52. The lowest BCUT2D eigenvalue weighted by molar-refractivity contribution is 0.0790. The van der Waals surface area contributed by atoms with Crippen molar-refractivity contribution in [2.45, 2.75) is 44.9 Å². The lowest BCUT2D eigenvalue weighted by atomic mass is 10.3. The second kappa shape index (κ2) is 4.21. The van der Waals surface area contributed by atoms with Crippen LogP contribution in [0.2, 0.25) is 0 Å². The summed E-state index contributed by atoms with van der Waals surface area (Å²) in [5, 5.41) is 18.4. The molecule has 0 bridgehead atoms. The van der Waals surface area contributed by atoms with Crippen LogP contribution in [-0.2, 0) is 0 Å². The first-order valence-electron chi connectivity index (χ1n) is 4.69. The standard InChI is InChI=1S/C9H19NO2/c1-7(11)5-10(6-8(2)12)9-3-4-9/h7-9,11-12H,3-6H2,1-2H3. The SMILES string of the molecule is CC(O)CN(CC(C)O)C1CC1. The first kappa shape index (κ1) is 9.96. The molecule has 0 saturated heterocycles. The molecule has 1 rings (SSSR count). The van der Waals surface area contributed by atoms with Crippen LogP contribution >= 0.6 is 0 Å². The van der Waals surface area contributed by atoms with Gasteiger partial charge in [0, 0.05) is 19.1 Å². The highest BCUT2D eigenvalue weighted by molar-refractivity contribution is 4.85. The summed E-state index contributed by atoms with van der Waals surface area (Å²) in [5.74, 6) is 0. The molecule has 0 spiro atoms. The van der Waals surface area contributed by atoms with Crippen LogP contribution in [0.5, 0.6) is 0 Å². The Kier molecular flexibility index (Phi) is 3.50. The molecule has 0 heterocycles. The maximum Gasteiger partial charge on any atom is 0.0639 e. The van der Waals surface area contributed by atoms with Gasteiger partial charge in [-0.15, -0.1) is 0 Å². The molecule has 12 heavy (non-hydrogen) atoms. The van der Waals surface area contributed by atoms with Crippen molar-refractivity contribution in [2.24, 2.45) is 0 Å². The molecular weight excluding hydrogens is 154 g/mol. The Labute approximate surface area is 74.0 Å². The van der Waals surface area contributed by atoms with E-state index in [1.54, 1.807) is 13.8 Å². The average molecular weight is 173 g/mol. The summed E-state index contributed by atoms with van der Waals surface area (Å²) in [7, 11) is 0. The van der Waals surface area contributed by atoms with Gasteiger partial charge in [-0.3, -0.25) is 4.90 Å². The summed E-state index contributed by atoms with van der Waals surface area (Å²) >= 11 is 0. The second-order valence-corrected chi connectivity index (χ2v) is 3.88. The third-order valence-corrected chi connectivity index (χ3v) is 2.06. The van der Waals surface area contributed by atoms with E-state index in [2.05, 4.69) is 4.90 Å². The molecule has 2 unspecified atom stereocenters. The molecule has 72 valence electrons. The fraction of sp³-hybridized carbons (Fsp3) is 1.00. The number of aliphatic hydroxyl groups is 2. The van der Waals surface area contributed by atoms with E-state index in [1.807, 2.05) is 0 Å². The highest BCUT2D eigenvalue weighted by atomic mass is 16.3. The summed E-state index contributed by atoms with van der Waals surface area (Å²) < 4.78 is 0. The Balaban J connectivity index is 2.27. The van der Waals surface area contributed by atoms with Gasteiger partial charge in [0.2, 0.25) is 0 Å². The van der Waals surface area contributed by atoms with Crippen molar-refractivity contribution in [1.29, 1.82) is 0 Å². The van der Waals surface area contributed by atoms with Gasteiger partial charge in [-0.2, -0.15) is 0 Å². The van der Waals surface area contributed by atoms with E-state index in [0.717, 1.165) is 0 Å². The van der Waals surface area contributed by atoms with Crippen molar-refractivity contribution < 1.29 is 10.2 Å². The molecule has 0 aromatic heterocycles. The topological polar surface area (TPSA) is 43.7 Å². The van der Waals surface area contributed by atoms with Crippen LogP contribution < -0.4 is 0 Å². The van der Waals surface area contributed by atoms with Crippen molar-refractivity contribution in [1.82, 2.24) is 4.90 Å². The number of hydrogen-bond acceptors (Lipinski definition) is 3. The van der Waals surface area contributed by atoms with Gasteiger partial charge in [0.15, 0.2) is 0 Å². The van der Waals surface area contributed by atoms with Gasteiger partial charge in [-0.05, 0) is 26.7 Å². The maximum absolute atomic E-state index is 9.19. The van der Waals surface area contributed by atoms with Gasteiger partial charge in [0.05, 0.1) is 12.2 Å². The van der Waals surface area contributed by atoms with E-state index >= 15 is 0 Å². The van der Waals surface area contributed by atoms with Gasteiger partial charge in [-0.1, -0.05) is 0 Å². The molecule has 1 aliphatic rings. The van der Waals surface area contributed by atoms with E-state index < -0.39 is 0 Å². The average Bonchev–Trinajstić information content (AvgIpc) is 2.63. The number of rotatable bonds is 5. The monoisotopic (exact) mass is 173 g/mol. The minimum absolute atomic E-state index is 0.288. The molecule has 2 N–H and O–H groups in total. The van der Waals surface area contributed by atoms with E-state index in [9.17, 15) is 10.2 Å². The molecule has 0 aromatic rings. The summed E-state index contributed by atoms with van der Waals surface area (Å²) in [6, 6.07) is 0.620. The Bertz CT molecular complexity index is 122. The van der Waals surface area contributed by atoms with E-state index in [0.29, 0.717) is 19.1 Å². The Morgan fingerprint density at radius 3 is 1.83 bits per heavy atom. The van der Waals surface area contributed by atoms with Crippen LogP contribution in [0, 0.1) is 0 Å². The fourth-order valence-corrected chi connectivity index (χ4v) is 1.49. The van der Waals surface area contributed by atoms with Crippen LogP contribution in [-0.4, -0.2) is 46.5 Å². The highest BCUT2D eigenvalue weighted by Crippen LogP contribution is 2.26. The Hall–Kier alpha value is -0.120. The van der Waals surface area contributed by atoms with Crippen LogP contribution in [0.15, 0.2) is 0 Å². The number of aliphatic hydroxyl groups excluding tert-OH is 2. The Morgan fingerprint density at radius 1 is 1.17 bits per heavy atom. The van der Waals surface area contributed by atoms with Gasteiger partial charge >= 0.3 is 0 Å². The van der Waals surface area contributed by atoms with Gasteiger partial charge in [0.25, 0.3) is 0 Å². The lowest BCUT2D eigenvalue weighted by Gasteiger charge is -2.24. The molecule has 1 fully saturated rings. The van der Waals surface area contributed by atoms with Crippen LogP contribution in [0.3, 0.4) is 0 Å². The van der Waals surface area contributed by atoms with E-state index in [4.69, 9.17) is 0 Å². The molecule has 0 aromatic carbocycles. The maximum atomic E-state index is 9.19. The van der Waals surface area contributed by atoms with Crippen molar-refractivity contribution >= 4 is 0 Å². The summed E-state index contributed by atoms with van der Waals surface area (Å²) in [5.41, 5.74) is 0. The predicted molar refractivity (Wildman–Crippen MR) is 48.0 cm³/mol. The fourth-order valence-electron chi connectivity index (χ4n) is 1.49. The largest absolute Gasteiger partial charge is 0.392 e. The molecule has 3 nitrogen and oxygen atoms in total. The van der Waals surface area contributed by atoms with Gasteiger partial charge in [-0.25, -0.2) is 0 Å². The number of hydrogen-bond donors (Lipinski definition) is 2. The Morgan fingerprint density at radius 2 is 1.58 bits per heavy atom. The van der Waals surface area contributed by atoms with Crippen molar-refractivity contribution in [3.05, 3.63) is 0 Å². The van der Waals surface area contributed by atoms with Crippen LogP contribution in [0.1, 0.15) is 26.7 Å². The molecule has 3 heteroatoms. The first-order chi connectivity index (χ1) is 5.59. The third-order valence-electron chi connectivity index (χ3n) is 2.06. The predicted octanol–water partition coefficient (Wildman–Crippen LogP) is 0.212. The molecule has 0 amide bonds. The smallest absolute Gasteiger partial charge is 0.0639 e. The molecular formula is C9H19NO2. The second-order valence-electron chi connectivity index (χ2n) is 3.88. The molecule has 0 aliphatic heterocycles. The van der Waals surface area contributed by atoms with Crippen molar-refractivity contribution in [3.63, 3.8) is 0 Å². The van der Waals surface area contributed by atoms with Crippen molar-refractivity contribution in [2.75, 3.05) is 13.1 Å². The normalized spacial score (nSPS) is 22.8. The zero-order valence-corrected chi connectivity index (χ0v) is 7.90. The molecule has 0 radical (unpaired) electrons. The molecule has 1 saturated carbocycles. The number of nitrogens with zero attached hydrogens (tertiary/aromatic N) is 1. The van der Waals surface area contributed by atoms with E-state index in [-0.39, 0.29) is 12.2 Å². The summed E-state index contributed by atoms with van der Waals surface area (Å²) in [6.07, 6.45) is 1.87. The van der Waals surface area contributed by atoms with E-state index in [1.165, 1.54) is 12.8 Å². The zero-order chi connectivity index (χ0) is 9.14. The van der Waals surface area contributed by atoms with Gasteiger partial charge < -0.3 is 10.2 Å². The molecule has 2 atom stereocenters. The summed E-state index contributed by atoms with van der Waals surface area (Å²) in [6.45, 7) is 4.96. The first-order valence-corrected chi connectivity index (χ1v) is 4.69. The van der Waals surface area contributed by atoms with Crippen LogP contribution in [0.25, 0.3) is 0 Å². The highest BCUT2D eigenvalue weighted by Gasteiger charge is 2.29. The van der Waals surface area contributed by atoms with Gasteiger partial charge in [0.1, 0.15) is 0 Å². The lowest BCUT2D eigenvalue weighted by Crippen LogP contribution is -2.37. The quantitative estimate of drug-likeness (QED) is 0.624. The van der Waals surface area contributed by atoms with Crippen molar-refractivity contribution in [3.8, 4) is 0 Å².